The van der Waals surface area contributed by atoms with E-state index in [9.17, 15) is 10.1 Å². The number of fused-ring (bicyclic) bond motifs is 5. The van der Waals surface area contributed by atoms with Crippen LogP contribution in [0.2, 0.25) is 0 Å². The van der Waals surface area contributed by atoms with Crippen molar-refractivity contribution in [3.8, 4) is 11.8 Å². The average Bonchev–Trinajstić information content (AvgIpc) is 3.00. The van der Waals surface area contributed by atoms with Gasteiger partial charge in [-0.05, 0) is 91.9 Å². The van der Waals surface area contributed by atoms with E-state index in [1.165, 1.54) is 17.5 Å². The maximum Gasteiger partial charge on any atom is 0.133 e. The van der Waals surface area contributed by atoms with E-state index in [2.05, 4.69) is 24.3 Å². The number of rotatable bonds is 3. The van der Waals surface area contributed by atoms with Crippen LogP contribution in [0.3, 0.4) is 0 Å². The van der Waals surface area contributed by atoms with Gasteiger partial charge in [-0.25, -0.2) is 0 Å². The number of aryl methyl sites for hydroxylation is 1. The molecule has 0 bridgehead atoms. The van der Waals surface area contributed by atoms with Crippen LogP contribution in [0, 0.1) is 34.5 Å². The highest BCUT2D eigenvalue weighted by Crippen LogP contribution is 2.64. The molecule has 132 valence electrons. The molecule has 3 nitrogen and oxygen atoms in total. The lowest BCUT2D eigenvalue weighted by molar-refractivity contribution is -0.126. The van der Waals surface area contributed by atoms with Gasteiger partial charge in [0.15, 0.2) is 0 Å². The molecule has 3 aliphatic rings. The lowest BCUT2D eigenvalue weighted by atomic mass is 9.52. The number of nitriles is 1. The summed E-state index contributed by atoms with van der Waals surface area (Å²) in [5.41, 5.74) is 2.88. The molecule has 0 amide bonds. The molecule has 5 atom stereocenters. The number of methoxy groups -OCH3 is 1. The van der Waals surface area contributed by atoms with Crippen LogP contribution in [0.25, 0.3) is 0 Å². The Kier molecular flexibility index (Phi) is 4.10. The minimum absolute atomic E-state index is 0.0499. The number of nitrogens with zero attached hydrogens (tertiary/aromatic N) is 1. The molecule has 0 aliphatic heterocycles. The Morgan fingerprint density at radius 3 is 2.88 bits per heavy atom. The van der Waals surface area contributed by atoms with Gasteiger partial charge in [0, 0.05) is 12.3 Å². The van der Waals surface area contributed by atoms with Crippen molar-refractivity contribution in [1.29, 1.82) is 5.26 Å². The largest absolute Gasteiger partial charge is 0.497 e. The van der Waals surface area contributed by atoms with E-state index < -0.39 is 0 Å². The number of benzene rings is 1. The lowest BCUT2D eigenvalue weighted by Crippen LogP contribution is -2.45. The summed E-state index contributed by atoms with van der Waals surface area (Å²) in [6.45, 7) is 1.74. The Morgan fingerprint density at radius 1 is 1.32 bits per heavy atom. The van der Waals surface area contributed by atoms with Crippen LogP contribution >= 0.6 is 0 Å². The van der Waals surface area contributed by atoms with Gasteiger partial charge in [-0.3, -0.25) is 4.79 Å². The van der Waals surface area contributed by atoms with Crippen molar-refractivity contribution in [2.24, 2.45) is 23.2 Å². The van der Waals surface area contributed by atoms with Crippen LogP contribution in [0.4, 0.5) is 0 Å². The number of Topliss-reactive ketones (excluding diaryl/α,β-unsaturated/α-hetero) is 1. The zero-order valence-corrected chi connectivity index (χ0v) is 15.3. The first-order valence-corrected chi connectivity index (χ1v) is 9.65. The number of carbonyl (C=O) groups is 1. The molecule has 0 aromatic heterocycles. The van der Waals surface area contributed by atoms with Gasteiger partial charge in [0.2, 0.25) is 0 Å². The summed E-state index contributed by atoms with van der Waals surface area (Å²) in [7, 11) is 1.73. The molecule has 3 aliphatic carbocycles. The third-order valence-electron chi connectivity index (χ3n) is 7.55. The average molecular weight is 337 g/mol. The predicted octanol–water partition coefficient (Wildman–Crippen LogP) is 4.65. The summed E-state index contributed by atoms with van der Waals surface area (Å²) in [5, 5.41) is 9.50. The van der Waals surface area contributed by atoms with Crippen molar-refractivity contribution in [2.45, 2.75) is 57.8 Å². The molecule has 2 fully saturated rings. The SMILES string of the molecule is COc1ccc2c(c1)CC[C@@H]1[C@@H]2CC[C@]2(CC#N)[C@@H](C(C)=O)CC[C@@H]12. The first kappa shape index (κ1) is 16.6. The molecule has 0 heterocycles. The minimum Gasteiger partial charge on any atom is -0.497 e. The number of hydrogen-bond donors (Lipinski definition) is 0. The molecule has 0 saturated heterocycles. The first-order chi connectivity index (χ1) is 12.1. The summed E-state index contributed by atoms with van der Waals surface area (Å²) in [5.74, 6) is 3.12. The normalized spacial score (nSPS) is 35.9. The molecule has 3 heteroatoms. The van der Waals surface area contributed by atoms with Crippen molar-refractivity contribution >= 4 is 5.78 Å². The van der Waals surface area contributed by atoms with E-state index in [0.717, 1.165) is 37.9 Å². The second kappa shape index (κ2) is 6.16. The fourth-order valence-electron chi connectivity index (χ4n) is 6.59. The molecule has 1 aromatic carbocycles. The molecule has 0 spiro atoms. The highest BCUT2D eigenvalue weighted by Gasteiger charge is 2.58. The standard InChI is InChI=1S/C22H27NO2/c1-14(24)20-7-8-21-19-5-3-15-13-16(25-2)4-6-17(15)18(19)9-10-22(20,21)11-12-23/h4,6,13,18-21H,3,5,7-11H2,1-2H3/t18-,19-,20-,21+,22+/m1/s1. The van der Waals surface area contributed by atoms with Crippen molar-refractivity contribution in [1.82, 2.24) is 0 Å². The van der Waals surface area contributed by atoms with E-state index >= 15 is 0 Å². The van der Waals surface area contributed by atoms with Gasteiger partial charge in [0.05, 0.1) is 13.2 Å². The molecule has 0 unspecified atom stereocenters. The van der Waals surface area contributed by atoms with E-state index in [4.69, 9.17) is 4.74 Å². The third-order valence-corrected chi connectivity index (χ3v) is 7.55. The van der Waals surface area contributed by atoms with Crippen molar-refractivity contribution in [2.75, 3.05) is 7.11 Å². The molecule has 4 rings (SSSR count). The van der Waals surface area contributed by atoms with Gasteiger partial charge in [-0.1, -0.05) is 6.07 Å². The zero-order valence-electron chi connectivity index (χ0n) is 15.3. The van der Waals surface area contributed by atoms with Crippen LogP contribution in [-0.2, 0) is 11.2 Å². The monoisotopic (exact) mass is 337 g/mol. The molecule has 0 radical (unpaired) electrons. The summed E-state index contributed by atoms with van der Waals surface area (Å²) in [6.07, 6.45) is 7.10. The predicted molar refractivity (Wildman–Crippen MR) is 96.3 cm³/mol. The van der Waals surface area contributed by atoms with E-state index in [-0.39, 0.29) is 11.3 Å². The third kappa shape index (κ3) is 2.41. The van der Waals surface area contributed by atoms with E-state index in [1.54, 1.807) is 14.0 Å². The summed E-state index contributed by atoms with van der Waals surface area (Å²) >= 11 is 0. The zero-order chi connectivity index (χ0) is 17.6. The van der Waals surface area contributed by atoms with Crippen LogP contribution in [0.15, 0.2) is 18.2 Å². The van der Waals surface area contributed by atoms with Crippen LogP contribution in [0.1, 0.15) is 62.5 Å². The maximum atomic E-state index is 12.3. The second-order valence-corrected chi connectivity index (χ2v) is 8.33. The van der Waals surface area contributed by atoms with Gasteiger partial charge >= 0.3 is 0 Å². The number of carbonyl (C=O) groups excluding carboxylic acids is 1. The highest BCUT2D eigenvalue weighted by molar-refractivity contribution is 5.79. The highest BCUT2D eigenvalue weighted by atomic mass is 16.5. The Balaban J connectivity index is 1.69. The summed E-state index contributed by atoms with van der Waals surface area (Å²) in [6, 6.07) is 9.00. The molecule has 25 heavy (non-hydrogen) atoms. The molecular formula is C22H27NO2. The lowest BCUT2D eigenvalue weighted by Gasteiger charge is -2.51. The summed E-state index contributed by atoms with van der Waals surface area (Å²) < 4.78 is 5.40. The number of hydrogen-bond acceptors (Lipinski definition) is 3. The van der Waals surface area contributed by atoms with Gasteiger partial charge in [-0.15, -0.1) is 0 Å². The van der Waals surface area contributed by atoms with E-state index in [0.29, 0.717) is 30.0 Å². The summed E-state index contributed by atoms with van der Waals surface area (Å²) in [4.78, 5) is 12.3. The maximum absolute atomic E-state index is 12.3. The Bertz CT molecular complexity index is 734. The van der Waals surface area contributed by atoms with E-state index in [1.807, 2.05) is 0 Å². The van der Waals surface area contributed by atoms with Gasteiger partial charge in [-0.2, -0.15) is 5.26 Å². The van der Waals surface area contributed by atoms with Gasteiger partial charge < -0.3 is 4.74 Å². The van der Waals surface area contributed by atoms with Crippen LogP contribution < -0.4 is 4.74 Å². The molecule has 2 saturated carbocycles. The first-order valence-electron chi connectivity index (χ1n) is 9.65. The van der Waals surface area contributed by atoms with Crippen molar-refractivity contribution in [3.63, 3.8) is 0 Å². The van der Waals surface area contributed by atoms with Gasteiger partial charge in [0.25, 0.3) is 0 Å². The van der Waals surface area contributed by atoms with Crippen molar-refractivity contribution in [3.05, 3.63) is 29.3 Å². The Labute approximate surface area is 150 Å². The van der Waals surface area contributed by atoms with Crippen LogP contribution in [-0.4, -0.2) is 12.9 Å². The molecule has 1 aromatic rings. The quantitative estimate of drug-likeness (QED) is 0.806. The fourth-order valence-corrected chi connectivity index (χ4v) is 6.59. The molecule has 0 N–H and O–H groups in total. The Hall–Kier alpha value is -1.82. The Morgan fingerprint density at radius 2 is 2.16 bits per heavy atom. The smallest absolute Gasteiger partial charge is 0.133 e. The number of ketones is 1. The van der Waals surface area contributed by atoms with Gasteiger partial charge in [0.1, 0.15) is 11.5 Å². The minimum atomic E-state index is -0.0499. The second-order valence-electron chi connectivity index (χ2n) is 8.33. The fraction of sp³-hybridized carbons (Fsp3) is 0.636. The van der Waals surface area contributed by atoms with Crippen molar-refractivity contribution < 1.29 is 9.53 Å². The number of ether oxygens (including phenoxy) is 1. The molecular weight excluding hydrogens is 310 g/mol. The topological polar surface area (TPSA) is 50.1 Å². The van der Waals surface area contributed by atoms with Crippen LogP contribution in [0.5, 0.6) is 5.75 Å².